The number of para-hydroxylation sites is 1. The van der Waals surface area contributed by atoms with Crippen LogP contribution in [0.4, 0.5) is 18.9 Å². The highest BCUT2D eigenvalue weighted by atomic mass is 35.5. The van der Waals surface area contributed by atoms with E-state index in [4.69, 9.17) is 5.73 Å². The van der Waals surface area contributed by atoms with E-state index in [0.29, 0.717) is 0 Å². The van der Waals surface area contributed by atoms with E-state index >= 15 is 0 Å². The molecule has 0 aliphatic carbocycles. The van der Waals surface area contributed by atoms with Gasteiger partial charge in [-0.15, -0.1) is 12.4 Å². The molecule has 0 unspecified atom stereocenters. The molecule has 0 bridgehead atoms. The molecule has 0 saturated carbocycles. The van der Waals surface area contributed by atoms with Crippen molar-refractivity contribution >= 4 is 18.1 Å². The standard InChI is InChI=1S/C8H7F3N2O2.ClH/c9-8(10,11)7(12)5-3-1-2-4-6(5)13(14)15;/h1-4,7H,12H2;1H/t7-;/m1./s1. The molecular formula is C8H8ClF3N2O2. The third-order valence-electron chi connectivity index (χ3n) is 1.82. The molecule has 1 aromatic carbocycles. The number of rotatable bonds is 2. The molecule has 0 radical (unpaired) electrons. The van der Waals surface area contributed by atoms with Crippen molar-refractivity contribution in [1.29, 1.82) is 0 Å². The molecule has 0 aromatic heterocycles. The Hall–Kier alpha value is -1.34. The number of hydrogen-bond acceptors (Lipinski definition) is 3. The highest BCUT2D eigenvalue weighted by Crippen LogP contribution is 2.34. The minimum Gasteiger partial charge on any atom is -0.316 e. The molecule has 0 heterocycles. The summed E-state index contributed by atoms with van der Waals surface area (Å²) in [5.41, 5.74) is 3.73. The van der Waals surface area contributed by atoms with Crippen LogP contribution in [-0.4, -0.2) is 11.1 Å². The highest BCUT2D eigenvalue weighted by molar-refractivity contribution is 5.85. The Kier molecular flexibility index (Phi) is 4.70. The van der Waals surface area contributed by atoms with Gasteiger partial charge in [0.25, 0.3) is 5.69 Å². The molecule has 90 valence electrons. The molecule has 2 N–H and O–H groups in total. The summed E-state index contributed by atoms with van der Waals surface area (Å²) >= 11 is 0. The zero-order chi connectivity index (χ0) is 11.6. The van der Waals surface area contributed by atoms with E-state index in [1.54, 1.807) is 0 Å². The molecular weight excluding hydrogens is 249 g/mol. The van der Waals surface area contributed by atoms with Crippen molar-refractivity contribution in [3.8, 4) is 0 Å². The normalized spacial score (nSPS) is 12.8. The largest absolute Gasteiger partial charge is 0.407 e. The number of benzene rings is 1. The molecule has 1 rings (SSSR count). The fourth-order valence-electron chi connectivity index (χ4n) is 1.09. The molecule has 0 fully saturated rings. The van der Waals surface area contributed by atoms with Gasteiger partial charge in [-0.25, -0.2) is 0 Å². The van der Waals surface area contributed by atoms with Gasteiger partial charge in [0.15, 0.2) is 0 Å². The fourth-order valence-corrected chi connectivity index (χ4v) is 1.09. The number of hydrogen-bond donors (Lipinski definition) is 1. The van der Waals surface area contributed by atoms with Gasteiger partial charge < -0.3 is 5.73 Å². The Morgan fingerprint density at radius 1 is 1.31 bits per heavy atom. The van der Waals surface area contributed by atoms with Gasteiger partial charge in [-0.1, -0.05) is 18.2 Å². The van der Waals surface area contributed by atoms with E-state index in [-0.39, 0.29) is 12.4 Å². The first-order chi connectivity index (χ1) is 6.84. The first-order valence-corrected chi connectivity index (χ1v) is 3.89. The summed E-state index contributed by atoms with van der Waals surface area (Å²) in [5, 5.41) is 10.4. The molecule has 8 heteroatoms. The molecule has 4 nitrogen and oxygen atoms in total. The van der Waals surface area contributed by atoms with E-state index in [2.05, 4.69) is 0 Å². The average molecular weight is 257 g/mol. The Morgan fingerprint density at radius 2 is 1.81 bits per heavy atom. The van der Waals surface area contributed by atoms with Gasteiger partial charge in [0, 0.05) is 6.07 Å². The van der Waals surface area contributed by atoms with Crippen LogP contribution in [0.15, 0.2) is 24.3 Å². The second kappa shape index (κ2) is 5.13. The van der Waals surface area contributed by atoms with Gasteiger partial charge in [-0.05, 0) is 0 Å². The second-order valence-corrected chi connectivity index (χ2v) is 2.84. The molecule has 1 aromatic rings. The van der Waals surface area contributed by atoms with Crippen LogP contribution in [0, 0.1) is 10.1 Å². The van der Waals surface area contributed by atoms with Crippen LogP contribution in [0.1, 0.15) is 11.6 Å². The van der Waals surface area contributed by atoms with Crippen LogP contribution in [0.25, 0.3) is 0 Å². The molecule has 0 aliphatic heterocycles. The van der Waals surface area contributed by atoms with Crippen LogP contribution in [0.5, 0.6) is 0 Å². The molecule has 0 saturated heterocycles. The number of nitrogens with two attached hydrogens (primary N) is 1. The van der Waals surface area contributed by atoms with Crippen molar-refractivity contribution in [2.24, 2.45) is 5.73 Å². The zero-order valence-electron chi connectivity index (χ0n) is 7.77. The summed E-state index contributed by atoms with van der Waals surface area (Å²) in [6.07, 6.45) is -4.69. The summed E-state index contributed by atoms with van der Waals surface area (Å²) in [7, 11) is 0. The Balaban J connectivity index is 0.00000225. The first kappa shape index (κ1) is 14.7. The predicted molar refractivity (Wildman–Crippen MR) is 53.3 cm³/mol. The van der Waals surface area contributed by atoms with Crippen molar-refractivity contribution < 1.29 is 18.1 Å². The van der Waals surface area contributed by atoms with Crippen LogP contribution < -0.4 is 5.73 Å². The maximum Gasteiger partial charge on any atom is 0.407 e. The molecule has 1 atom stereocenters. The maximum absolute atomic E-state index is 12.2. The third kappa shape index (κ3) is 3.07. The van der Waals surface area contributed by atoms with Gasteiger partial charge in [0.2, 0.25) is 0 Å². The van der Waals surface area contributed by atoms with Crippen molar-refractivity contribution in [2.45, 2.75) is 12.2 Å². The number of alkyl halides is 3. The highest BCUT2D eigenvalue weighted by Gasteiger charge is 2.40. The molecule has 0 amide bonds. The number of nitrogens with zero attached hydrogens (tertiary/aromatic N) is 1. The van der Waals surface area contributed by atoms with Crippen LogP contribution in [0.3, 0.4) is 0 Å². The van der Waals surface area contributed by atoms with Crippen LogP contribution >= 0.6 is 12.4 Å². The lowest BCUT2D eigenvalue weighted by molar-refractivity contribution is -0.386. The topological polar surface area (TPSA) is 69.2 Å². The van der Waals surface area contributed by atoms with Crippen molar-refractivity contribution in [3.63, 3.8) is 0 Å². The van der Waals surface area contributed by atoms with Crippen molar-refractivity contribution in [3.05, 3.63) is 39.9 Å². The van der Waals surface area contributed by atoms with Crippen molar-refractivity contribution in [2.75, 3.05) is 0 Å². The van der Waals surface area contributed by atoms with E-state index in [9.17, 15) is 23.3 Å². The molecule has 16 heavy (non-hydrogen) atoms. The van der Waals surface area contributed by atoms with E-state index in [0.717, 1.165) is 12.1 Å². The first-order valence-electron chi connectivity index (χ1n) is 3.89. The van der Waals surface area contributed by atoms with Crippen LogP contribution in [0.2, 0.25) is 0 Å². The number of halogens is 4. The summed E-state index contributed by atoms with van der Waals surface area (Å²) in [6, 6.07) is 2.20. The molecule has 0 aliphatic rings. The fraction of sp³-hybridized carbons (Fsp3) is 0.250. The Bertz CT molecular complexity index is 384. The minimum absolute atomic E-state index is 0. The smallest absolute Gasteiger partial charge is 0.316 e. The van der Waals surface area contributed by atoms with E-state index in [1.807, 2.05) is 0 Å². The second-order valence-electron chi connectivity index (χ2n) is 2.84. The number of nitro groups is 1. The van der Waals surface area contributed by atoms with Gasteiger partial charge >= 0.3 is 6.18 Å². The summed E-state index contributed by atoms with van der Waals surface area (Å²) < 4.78 is 36.7. The predicted octanol–water partition coefficient (Wildman–Crippen LogP) is 2.58. The quantitative estimate of drug-likeness (QED) is 0.653. The zero-order valence-corrected chi connectivity index (χ0v) is 8.59. The third-order valence-corrected chi connectivity index (χ3v) is 1.82. The summed E-state index contributed by atoms with van der Waals surface area (Å²) in [6.45, 7) is 0. The van der Waals surface area contributed by atoms with Gasteiger partial charge in [0.05, 0.1) is 10.5 Å². The Morgan fingerprint density at radius 3 is 2.25 bits per heavy atom. The minimum atomic E-state index is -4.69. The van der Waals surface area contributed by atoms with E-state index < -0.39 is 28.4 Å². The van der Waals surface area contributed by atoms with Gasteiger partial charge in [-0.3, -0.25) is 10.1 Å². The summed E-state index contributed by atoms with van der Waals surface area (Å²) in [4.78, 5) is 9.55. The maximum atomic E-state index is 12.2. The van der Waals surface area contributed by atoms with Gasteiger partial charge in [-0.2, -0.15) is 13.2 Å². The Labute approximate surface area is 94.8 Å². The SMILES string of the molecule is Cl.N[C@H](c1ccccc1[N+](=O)[O-])C(F)(F)F. The van der Waals surface area contributed by atoms with Gasteiger partial charge in [0.1, 0.15) is 6.04 Å². The monoisotopic (exact) mass is 256 g/mol. The molecule has 0 spiro atoms. The lowest BCUT2D eigenvalue weighted by atomic mass is 10.1. The van der Waals surface area contributed by atoms with E-state index in [1.165, 1.54) is 12.1 Å². The lowest BCUT2D eigenvalue weighted by Gasteiger charge is -2.15. The average Bonchev–Trinajstić information content (AvgIpc) is 2.15. The number of nitro benzene ring substituents is 1. The lowest BCUT2D eigenvalue weighted by Crippen LogP contribution is -2.29. The summed E-state index contributed by atoms with van der Waals surface area (Å²) in [5.74, 6) is 0. The van der Waals surface area contributed by atoms with Crippen LogP contribution in [-0.2, 0) is 0 Å². The van der Waals surface area contributed by atoms with Crippen molar-refractivity contribution in [1.82, 2.24) is 0 Å².